The fourth-order valence-electron chi connectivity index (χ4n) is 3.35. The molecule has 1 saturated heterocycles. The Kier molecular flexibility index (Phi) is 7.35. The maximum Gasteiger partial charge on any atom is 0.350 e. The van der Waals surface area contributed by atoms with Crippen molar-refractivity contribution in [2.45, 2.75) is 52.2 Å². The van der Waals surface area contributed by atoms with Gasteiger partial charge >= 0.3 is 17.9 Å². The molecule has 0 saturated carbocycles. The van der Waals surface area contributed by atoms with Crippen LogP contribution in [-0.4, -0.2) is 67.0 Å². The number of carbonyl (C=O) groups excluding carboxylic acids is 4. The Labute approximate surface area is 170 Å². The molecule has 0 N–H and O–H groups in total. The lowest BCUT2D eigenvalue weighted by atomic mass is 9.84. The maximum absolute atomic E-state index is 12.9. The summed E-state index contributed by atoms with van der Waals surface area (Å²) in [6.07, 6.45) is 2.78. The number of fused-ring (bicyclic) bond motifs is 2. The Hall–Kier alpha value is -2.48. The fraction of sp³-hybridized carbons (Fsp3) is 0.619. The van der Waals surface area contributed by atoms with E-state index in [-0.39, 0.29) is 24.4 Å². The molecule has 0 aromatic rings. The molecule has 0 amide bonds. The lowest BCUT2D eigenvalue weighted by Gasteiger charge is -2.34. The van der Waals surface area contributed by atoms with Gasteiger partial charge in [0.2, 0.25) is 11.4 Å². The number of likely N-dealkylation sites (N-methyl/N-ethyl adjacent to an activating group) is 1. The summed E-state index contributed by atoms with van der Waals surface area (Å²) in [5.74, 6) is -2.95. The molecular formula is C21H29NO7. The number of rotatable bonds is 1. The van der Waals surface area contributed by atoms with Gasteiger partial charge in [0.15, 0.2) is 6.10 Å². The highest BCUT2D eigenvalue weighted by molar-refractivity contribution is 6.01. The van der Waals surface area contributed by atoms with Gasteiger partial charge in [0.25, 0.3) is 0 Å². The molecule has 160 valence electrons. The molecule has 0 aromatic heterocycles. The number of carbonyl (C=O) groups is 4. The van der Waals surface area contributed by atoms with Crippen LogP contribution >= 0.6 is 0 Å². The van der Waals surface area contributed by atoms with Crippen LogP contribution in [0, 0.1) is 5.92 Å². The van der Waals surface area contributed by atoms with E-state index in [1.807, 2.05) is 11.9 Å². The first kappa shape index (κ1) is 22.8. The Bertz CT molecular complexity index is 754. The van der Waals surface area contributed by atoms with Gasteiger partial charge in [-0.1, -0.05) is 19.1 Å². The first-order chi connectivity index (χ1) is 13.6. The third-order valence-corrected chi connectivity index (χ3v) is 5.48. The molecule has 8 nitrogen and oxygen atoms in total. The third kappa shape index (κ3) is 5.32. The zero-order chi connectivity index (χ0) is 21.8. The Morgan fingerprint density at radius 2 is 2.03 bits per heavy atom. The first-order valence-corrected chi connectivity index (χ1v) is 9.73. The van der Waals surface area contributed by atoms with Crippen LogP contribution in [-0.2, 0) is 33.4 Å². The number of Topliss-reactive ketones (excluding diaryl/α,β-unsaturated/α-hetero) is 1. The van der Waals surface area contributed by atoms with E-state index in [4.69, 9.17) is 14.2 Å². The molecule has 2 bridgehead atoms. The zero-order valence-corrected chi connectivity index (χ0v) is 17.6. The summed E-state index contributed by atoms with van der Waals surface area (Å²) in [5.41, 5.74) is -1.05. The van der Waals surface area contributed by atoms with Crippen molar-refractivity contribution >= 4 is 23.7 Å². The monoisotopic (exact) mass is 407 g/mol. The van der Waals surface area contributed by atoms with E-state index in [1.54, 1.807) is 26.0 Å². The van der Waals surface area contributed by atoms with Gasteiger partial charge in [-0.3, -0.25) is 9.59 Å². The maximum atomic E-state index is 12.9. The molecule has 2 aliphatic heterocycles. The average Bonchev–Trinajstić information content (AvgIpc) is 2.65. The minimum absolute atomic E-state index is 0.123. The lowest BCUT2D eigenvalue weighted by Crippen LogP contribution is -2.48. The number of hydrogen-bond acceptors (Lipinski definition) is 8. The van der Waals surface area contributed by atoms with Crippen LogP contribution in [0.1, 0.15) is 40.5 Å². The Morgan fingerprint density at radius 3 is 2.66 bits per heavy atom. The number of esters is 3. The molecule has 0 spiro atoms. The molecule has 2 rings (SSSR count). The molecule has 29 heavy (non-hydrogen) atoms. The Balaban J connectivity index is 2.48. The van der Waals surface area contributed by atoms with Crippen LogP contribution in [0.2, 0.25) is 0 Å². The summed E-state index contributed by atoms with van der Waals surface area (Å²) in [4.78, 5) is 52.1. The van der Waals surface area contributed by atoms with Gasteiger partial charge in [0, 0.05) is 43.5 Å². The van der Waals surface area contributed by atoms with Gasteiger partial charge in [0.05, 0.1) is 0 Å². The van der Waals surface area contributed by atoms with Gasteiger partial charge in [-0.15, -0.1) is 0 Å². The lowest BCUT2D eigenvalue weighted by molar-refractivity contribution is -0.185. The largest absolute Gasteiger partial charge is 0.458 e. The highest BCUT2D eigenvalue weighted by atomic mass is 16.6. The normalized spacial score (nSPS) is 31.4. The predicted octanol–water partition coefficient (Wildman–Crippen LogP) is 1.58. The van der Waals surface area contributed by atoms with Crippen molar-refractivity contribution in [3.63, 3.8) is 0 Å². The van der Waals surface area contributed by atoms with Gasteiger partial charge < -0.3 is 19.1 Å². The summed E-state index contributed by atoms with van der Waals surface area (Å²) in [6, 6.07) is 0. The summed E-state index contributed by atoms with van der Waals surface area (Å²) >= 11 is 0. The van der Waals surface area contributed by atoms with Crippen LogP contribution in [0.3, 0.4) is 0 Å². The van der Waals surface area contributed by atoms with Crippen LogP contribution in [0.25, 0.3) is 0 Å². The van der Waals surface area contributed by atoms with Crippen molar-refractivity contribution < 1.29 is 33.4 Å². The molecule has 2 aliphatic rings. The van der Waals surface area contributed by atoms with Gasteiger partial charge in [-0.25, -0.2) is 9.59 Å². The third-order valence-electron chi connectivity index (χ3n) is 5.48. The molecule has 0 aromatic carbocycles. The molecule has 0 radical (unpaired) electrons. The number of nitrogens with zero attached hydrogens (tertiary/aromatic N) is 1. The summed E-state index contributed by atoms with van der Waals surface area (Å²) < 4.78 is 16.3. The second-order valence-corrected chi connectivity index (χ2v) is 7.73. The minimum atomic E-state index is -1.61. The number of ketones is 1. The quantitative estimate of drug-likeness (QED) is 0.367. The average molecular weight is 407 g/mol. The zero-order valence-electron chi connectivity index (χ0n) is 17.6. The minimum Gasteiger partial charge on any atom is -0.458 e. The number of allylic oxidation sites excluding steroid dienone is 1. The van der Waals surface area contributed by atoms with Gasteiger partial charge in [-0.2, -0.15) is 0 Å². The first-order valence-electron chi connectivity index (χ1n) is 9.73. The van der Waals surface area contributed by atoms with Crippen molar-refractivity contribution in [2.75, 3.05) is 26.7 Å². The van der Waals surface area contributed by atoms with Crippen molar-refractivity contribution in [2.24, 2.45) is 5.92 Å². The van der Waals surface area contributed by atoms with Crippen molar-refractivity contribution in [1.82, 2.24) is 4.90 Å². The standard InChI is InChI=1S/C21H29NO7/c1-6-15-11-13(2)21(4,29-14(3)23)20(26)27-12-16-7-9-22(5)10-8-17(18(16)24)28-19(15)25/h6-7,13,17H,8-12H2,1-5H3/b15-6-,16-7?/t13-,17-,21-/m0/s1. The van der Waals surface area contributed by atoms with E-state index in [2.05, 4.69) is 0 Å². The number of cyclic esters (lactones) is 1. The van der Waals surface area contributed by atoms with Crippen LogP contribution in [0.4, 0.5) is 0 Å². The second-order valence-electron chi connectivity index (χ2n) is 7.73. The van der Waals surface area contributed by atoms with Crippen LogP contribution in [0.5, 0.6) is 0 Å². The Morgan fingerprint density at radius 1 is 1.34 bits per heavy atom. The number of hydrogen-bond donors (Lipinski definition) is 0. The summed E-state index contributed by atoms with van der Waals surface area (Å²) in [5, 5.41) is 0. The van der Waals surface area contributed by atoms with Gasteiger partial charge in [-0.05, 0) is 27.3 Å². The molecule has 8 heteroatoms. The van der Waals surface area contributed by atoms with E-state index < -0.39 is 35.5 Å². The summed E-state index contributed by atoms with van der Waals surface area (Å²) in [7, 11) is 1.88. The molecule has 0 unspecified atom stereocenters. The van der Waals surface area contributed by atoms with E-state index in [0.717, 1.165) is 0 Å². The SMILES string of the molecule is C/C=C1/C[C@H](C)[C@](C)(OC(C)=O)C(=O)OCC2=CCN(C)CC[C@H](OC1=O)C2=O. The van der Waals surface area contributed by atoms with Crippen molar-refractivity contribution in [3.05, 3.63) is 23.3 Å². The predicted molar refractivity (Wildman–Crippen MR) is 104 cm³/mol. The van der Waals surface area contributed by atoms with E-state index in [1.165, 1.54) is 13.8 Å². The highest BCUT2D eigenvalue weighted by Crippen LogP contribution is 2.31. The second kappa shape index (κ2) is 9.35. The molecule has 2 heterocycles. The molecule has 1 fully saturated rings. The number of ether oxygens (including phenoxy) is 3. The highest BCUT2D eigenvalue weighted by Gasteiger charge is 2.45. The smallest absolute Gasteiger partial charge is 0.350 e. The van der Waals surface area contributed by atoms with Crippen LogP contribution < -0.4 is 0 Å². The van der Waals surface area contributed by atoms with Crippen LogP contribution in [0.15, 0.2) is 23.3 Å². The van der Waals surface area contributed by atoms with Crippen molar-refractivity contribution in [3.8, 4) is 0 Å². The van der Waals surface area contributed by atoms with Gasteiger partial charge in [0.1, 0.15) is 6.61 Å². The van der Waals surface area contributed by atoms with E-state index in [9.17, 15) is 19.2 Å². The van der Waals surface area contributed by atoms with E-state index in [0.29, 0.717) is 25.1 Å². The topological polar surface area (TPSA) is 99.2 Å². The van der Waals surface area contributed by atoms with Crippen molar-refractivity contribution in [1.29, 1.82) is 0 Å². The molecule has 3 atom stereocenters. The fourth-order valence-corrected chi connectivity index (χ4v) is 3.35. The molecular weight excluding hydrogens is 378 g/mol. The van der Waals surface area contributed by atoms with E-state index >= 15 is 0 Å². The summed E-state index contributed by atoms with van der Waals surface area (Å²) in [6.45, 7) is 6.83. The molecule has 0 aliphatic carbocycles.